The van der Waals surface area contributed by atoms with E-state index in [1.165, 1.54) is 77.0 Å². The highest BCUT2D eigenvalue weighted by Crippen LogP contribution is 2.38. The Hall–Kier alpha value is -3.36. The number of amides is 1. The number of quaternary nitrogens is 1. The van der Waals surface area contributed by atoms with Gasteiger partial charge in [-0.05, 0) is 96.3 Å². The Labute approximate surface area is 443 Å². The average Bonchev–Trinajstić information content (AvgIpc) is 3.34. The second-order valence-corrected chi connectivity index (χ2v) is 21.3. The molecule has 0 saturated carbocycles. The van der Waals surface area contributed by atoms with E-state index in [1.807, 2.05) is 27.2 Å². The van der Waals surface area contributed by atoms with Gasteiger partial charge in [-0.1, -0.05) is 237 Å². The Balaban J connectivity index is 4.02. The molecule has 410 valence electrons. The number of rotatable bonds is 50. The number of hydrogen-bond acceptors (Lipinski definition) is 6. The van der Waals surface area contributed by atoms with Crippen LogP contribution in [0.25, 0.3) is 0 Å². The number of phosphoric ester groups is 1. The van der Waals surface area contributed by atoms with Crippen LogP contribution in [-0.4, -0.2) is 68.5 Å². The molecule has 0 radical (unpaired) electrons. The molecule has 0 aromatic heterocycles. The van der Waals surface area contributed by atoms with Gasteiger partial charge in [-0.3, -0.25) is 9.36 Å². The Morgan fingerprint density at radius 2 is 0.847 bits per heavy atom. The summed E-state index contributed by atoms with van der Waals surface area (Å²) in [4.78, 5) is 25.3. The Morgan fingerprint density at radius 1 is 0.500 bits per heavy atom. The summed E-state index contributed by atoms with van der Waals surface area (Å²) in [6.07, 6.45) is 79.7. The maximum atomic E-state index is 12.9. The molecule has 2 N–H and O–H groups in total. The summed E-state index contributed by atoms with van der Waals surface area (Å²) < 4.78 is 23.2. The zero-order valence-corrected chi connectivity index (χ0v) is 47.5. The third-order valence-corrected chi connectivity index (χ3v) is 12.8. The molecule has 72 heavy (non-hydrogen) atoms. The summed E-state index contributed by atoms with van der Waals surface area (Å²) in [5, 5.41) is 13.8. The number of carbonyl (C=O) groups is 1. The minimum absolute atomic E-state index is 0.00799. The van der Waals surface area contributed by atoms with Crippen molar-refractivity contribution in [2.24, 2.45) is 0 Å². The van der Waals surface area contributed by atoms with Gasteiger partial charge in [0.2, 0.25) is 5.91 Å². The number of nitrogens with one attached hydrogen (secondary N) is 1. The van der Waals surface area contributed by atoms with Crippen LogP contribution in [-0.2, 0) is 18.4 Å². The molecule has 0 aliphatic carbocycles. The van der Waals surface area contributed by atoms with E-state index in [9.17, 15) is 19.4 Å². The van der Waals surface area contributed by atoms with Crippen molar-refractivity contribution in [3.8, 4) is 0 Å². The molecule has 0 rings (SSSR count). The zero-order chi connectivity index (χ0) is 52.7. The van der Waals surface area contributed by atoms with Gasteiger partial charge < -0.3 is 28.8 Å². The van der Waals surface area contributed by atoms with Crippen molar-refractivity contribution in [3.05, 3.63) is 134 Å². The van der Waals surface area contributed by atoms with Gasteiger partial charge in [0, 0.05) is 6.42 Å². The van der Waals surface area contributed by atoms with Crippen LogP contribution < -0.4 is 10.2 Å². The molecule has 0 saturated heterocycles. The Kier molecular flexibility index (Phi) is 50.1. The first-order valence-electron chi connectivity index (χ1n) is 28.5. The van der Waals surface area contributed by atoms with Gasteiger partial charge in [0.15, 0.2) is 0 Å². The van der Waals surface area contributed by atoms with Crippen LogP contribution >= 0.6 is 7.82 Å². The SMILES string of the molecule is CC/C=C\C/C=C\C/C=C\C/C=C\C/C=C\C/C=C\C/C=C\C/C=C\C/C=C\C/C=C\CCCCCCCCCCCCC(=O)NC(COP(=O)([O-])OCC[N+](C)(C)C)C(O)/C=C/CCCCCCCCC. The molecular weight excluding hydrogens is 912 g/mol. The quantitative estimate of drug-likeness (QED) is 0.0272. The summed E-state index contributed by atoms with van der Waals surface area (Å²) in [6, 6.07) is -0.895. The van der Waals surface area contributed by atoms with E-state index in [2.05, 4.69) is 141 Å². The van der Waals surface area contributed by atoms with Crippen LogP contribution in [0.15, 0.2) is 134 Å². The third-order valence-electron chi connectivity index (χ3n) is 11.9. The van der Waals surface area contributed by atoms with Gasteiger partial charge in [0.25, 0.3) is 7.82 Å². The number of likely N-dealkylation sites (N-methyl/N-ethyl adjacent to an activating group) is 1. The minimum atomic E-state index is -4.59. The molecule has 0 spiro atoms. The fraction of sp³-hybridized carbons (Fsp3) is 0.635. The summed E-state index contributed by atoms with van der Waals surface area (Å²) in [6.45, 7) is 4.47. The van der Waals surface area contributed by atoms with Crippen LogP contribution in [0, 0.1) is 0 Å². The molecular formula is C63H107N2O6P. The highest BCUT2D eigenvalue weighted by Gasteiger charge is 2.23. The molecule has 9 heteroatoms. The number of allylic oxidation sites excluding steroid dienone is 21. The highest BCUT2D eigenvalue weighted by molar-refractivity contribution is 7.45. The monoisotopic (exact) mass is 1020 g/mol. The summed E-state index contributed by atoms with van der Waals surface area (Å²) in [5.41, 5.74) is 0. The predicted molar refractivity (Wildman–Crippen MR) is 311 cm³/mol. The van der Waals surface area contributed by atoms with Crippen LogP contribution in [0.4, 0.5) is 0 Å². The minimum Gasteiger partial charge on any atom is -0.756 e. The molecule has 0 fully saturated rings. The molecule has 0 bridgehead atoms. The van der Waals surface area contributed by atoms with Gasteiger partial charge in [0.1, 0.15) is 13.2 Å². The van der Waals surface area contributed by atoms with Crippen molar-refractivity contribution in [1.82, 2.24) is 5.32 Å². The van der Waals surface area contributed by atoms with Crippen LogP contribution in [0.1, 0.15) is 206 Å². The van der Waals surface area contributed by atoms with Gasteiger partial charge >= 0.3 is 0 Å². The molecule has 0 aliphatic heterocycles. The van der Waals surface area contributed by atoms with Crippen molar-refractivity contribution >= 4 is 13.7 Å². The fourth-order valence-corrected chi connectivity index (χ4v) is 8.14. The number of carbonyl (C=O) groups excluding carboxylic acids is 1. The van der Waals surface area contributed by atoms with Crippen molar-refractivity contribution in [1.29, 1.82) is 0 Å². The molecule has 0 aliphatic rings. The van der Waals surface area contributed by atoms with Gasteiger partial charge in [-0.2, -0.15) is 0 Å². The number of hydrogen-bond donors (Lipinski definition) is 2. The lowest BCUT2D eigenvalue weighted by Crippen LogP contribution is -2.45. The molecule has 3 atom stereocenters. The Morgan fingerprint density at radius 3 is 1.24 bits per heavy atom. The van der Waals surface area contributed by atoms with Crippen molar-refractivity contribution in [3.63, 3.8) is 0 Å². The molecule has 3 unspecified atom stereocenters. The largest absolute Gasteiger partial charge is 0.756 e. The standard InChI is InChI=1S/C63H107N2O6P/c1-6-8-10-12-14-16-17-18-19-20-21-22-23-24-25-26-27-28-29-30-31-32-33-34-35-36-37-38-39-40-41-42-43-44-45-46-47-49-51-53-55-57-63(67)64-61(60-71-72(68,69)70-59-58-65(3,4)5)62(66)56-54-52-50-48-15-13-11-9-7-2/h8,10,14,16,18-19,21-22,24-25,27-28,30-31,33-34,36-37,39-40,54,56,61-62,66H,6-7,9,11-13,15,17,20,23,26,29,32,35,38,41-53,55,57-60H2,1-5H3,(H-,64,67,68,69)/b10-8-,16-14-,19-18-,22-21-,25-24-,28-27-,31-30-,34-33-,37-36-,40-39-,56-54+. The van der Waals surface area contributed by atoms with Crippen molar-refractivity contribution in [2.45, 2.75) is 219 Å². The molecule has 0 aromatic carbocycles. The summed E-state index contributed by atoms with van der Waals surface area (Å²) in [5.74, 6) is -0.211. The van der Waals surface area contributed by atoms with E-state index in [1.54, 1.807) is 6.08 Å². The summed E-state index contributed by atoms with van der Waals surface area (Å²) >= 11 is 0. The number of aliphatic hydroxyl groups is 1. The second-order valence-electron chi connectivity index (χ2n) is 19.9. The number of phosphoric acid groups is 1. The van der Waals surface area contributed by atoms with E-state index in [4.69, 9.17) is 9.05 Å². The first-order valence-corrected chi connectivity index (χ1v) is 30.0. The van der Waals surface area contributed by atoms with E-state index in [0.29, 0.717) is 17.4 Å². The highest BCUT2D eigenvalue weighted by atomic mass is 31.2. The maximum Gasteiger partial charge on any atom is 0.268 e. The summed E-state index contributed by atoms with van der Waals surface area (Å²) in [7, 11) is 1.24. The number of nitrogens with zero attached hydrogens (tertiary/aromatic N) is 1. The lowest BCUT2D eigenvalue weighted by Gasteiger charge is -2.29. The number of aliphatic hydroxyl groups excluding tert-OH is 1. The topological polar surface area (TPSA) is 108 Å². The van der Waals surface area contributed by atoms with Crippen molar-refractivity contribution < 1.29 is 32.9 Å². The first-order chi connectivity index (χ1) is 35.0. The second kappa shape index (κ2) is 52.5. The molecule has 1 amide bonds. The lowest BCUT2D eigenvalue weighted by molar-refractivity contribution is -0.870. The predicted octanol–water partition coefficient (Wildman–Crippen LogP) is 16.9. The van der Waals surface area contributed by atoms with Crippen LogP contribution in [0.2, 0.25) is 0 Å². The smallest absolute Gasteiger partial charge is 0.268 e. The molecule has 0 heterocycles. The number of unbranched alkanes of at least 4 members (excludes halogenated alkanes) is 17. The van der Waals surface area contributed by atoms with E-state index in [-0.39, 0.29) is 19.1 Å². The lowest BCUT2D eigenvalue weighted by atomic mass is 10.0. The molecule has 8 nitrogen and oxygen atoms in total. The van der Waals surface area contributed by atoms with Gasteiger partial charge in [-0.15, -0.1) is 0 Å². The van der Waals surface area contributed by atoms with E-state index in [0.717, 1.165) is 109 Å². The van der Waals surface area contributed by atoms with Gasteiger partial charge in [0.05, 0.1) is 39.9 Å². The maximum absolute atomic E-state index is 12.9. The first kappa shape index (κ1) is 68.6. The van der Waals surface area contributed by atoms with Crippen LogP contribution in [0.3, 0.4) is 0 Å². The van der Waals surface area contributed by atoms with Crippen LogP contribution in [0.5, 0.6) is 0 Å². The normalized spacial score (nSPS) is 14.9. The molecule has 0 aromatic rings. The fourth-order valence-electron chi connectivity index (χ4n) is 7.41. The van der Waals surface area contributed by atoms with Gasteiger partial charge in [-0.25, -0.2) is 0 Å². The third kappa shape index (κ3) is 54.4. The zero-order valence-electron chi connectivity index (χ0n) is 46.6. The van der Waals surface area contributed by atoms with E-state index < -0.39 is 20.0 Å². The van der Waals surface area contributed by atoms with Crippen molar-refractivity contribution in [2.75, 3.05) is 40.9 Å². The average molecular weight is 1020 g/mol. The van der Waals surface area contributed by atoms with E-state index >= 15 is 0 Å². The Bertz CT molecular complexity index is 1630.